The molecule has 1 aromatic rings. The Morgan fingerprint density at radius 1 is 1.38 bits per heavy atom. The first-order chi connectivity index (χ1) is 7.75. The van der Waals surface area contributed by atoms with Gasteiger partial charge in [0.2, 0.25) is 0 Å². The topological polar surface area (TPSA) is 35.2 Å². The third-order valence-corrected chi connectivity index (χ3v) is 3.19. The largest absolute Gasteiger partial charge is 0.380 e. The molecule has 0 aromatic heterocycles. The number of hydrogen-bond donors (Lipinski definition) is 1. The van der Waals surface area contributed by atoms with Gasteiger partial charge in [0.1, 0.15) is 0 Å². The van der Waals surface area contributed by atoms with Crippen LogP contribution in [0.25, 0.3) is 0 Å². The zero-order valence-electron chi connectivity index (χ0n) is 9.36. The van der Waals surface area contributed by atoms with Crippen LogP contribution in [0.15, 0.2) is 24.3 Å². The first-order valence-electron chi connectivity index (χ1n) is 5.82. The lowest BCUT2D eigenvalue weighted by molar-refractivity contribution is 0.112. The van der Waals surface area contributed by atoms with Gasteiger partial charge in [-0.05, 0) is 36.8 Å². The Balaban J connectivity index is 1.73. The van der Waals surface area contributed by atoms with Gasteiger partial charge >= 0.3 is 0 Å². The lowest BCUT2D eigenvalue weighted by atomic mass is 10.1. The van der Waals surface area contributed by atoms with E-state index in [1.165, 1.54) is 12.8 Å². The van der Waals surface area contributed by atoms with Crippen LogP contribution in [-0.2, 0) is 11.2 Å². The first kappa shape index (κ1) is 11.9. The summed E-state index contributed by atoms with van der Waals surface area (Å²) in [7, 11) is 0. The van der Waals surface area contributed by atoms with Crippen molar-refractivity contribution in [2.45, 2.75) is 25.3 Å². The molecule has 1 unspecified atom stereocenters. The number of nitrogens with two attached hydrogens (primary N) is 1. The van der Waals surface area contributed by atoms with Crippen LogP contribution in [0.1, 0.15) is 18.4 Å². The Hall–Kier alpha value is -0.570. The van der Waals surface area contributed by atoms with E-state index in [0.717, 1.165) is 29.5 Å². The second-order valence-corrected chi connectivity index (χ2v) is 4.94. The molecule has 0 amide bonds. The molecule has 1 fully saturated rings. The summed E-state index contributed by atoms with van der Waals surface area (Å²) in [6, 6.07) is 7.87. The van der Waals surface area contributed by atoms with Crippen molar-refractivity contribution in [3.05, 3.63) is 34.9 Å². The van der Waals surface area contributed by atoms with E-state index in [2.05, 4.69) is 0 Å². The predicted molar refractivity (Wildman–Crippen MR) is 66.7 cm³/mol. The van der Waals surface area contributed by atoms with Crippen molar-refractivity contribution in [1.82, 2.24) is 0 Å². The highest BCUT2D eigenvalue weighted by Gasteiger charge is 2.21. The van der Waals surface area contributed by atoms with Gasteiger partial charge in [-0.3, -0.25) is 0 Å². The molecule has 16 heavy (non-hydrogen) atoms. The molecule has 0 spiro atoms. The van der Waals surface area contributed by atoms with Gasteiger partial charge in [-0.2, -0.15) is 0 Å². The zero-order valence-corrected chi connectivity index (χ0v) is 10.1. The fraction of sp³-hybridized carbons (Fsp3) is 0.538. The highest BCUT2D eigenvalue weighted by Crippen LogP contribution is 2.28. The molecule has 1 aliphatic rings. The van der Waals surface area contributed by atoms with Gasteiger partial charge < -0.3 is 10.5 Å². The van der Waals surface area contributed by atoms with Crippen molar-refractivity contribution in [1.29, 1.82) is 0 Å². The van der Waals surface area contributed by atoms with Crippen LogP contribution in [0.5, 0.6) is 0 Å². The Bertz CT molecular complexity index is 338. The highest BCUT2D eigenvalue weighted by atomic mass is 35.5. The van der Waals surface area contributed by atoms with E-state index in [1.54, 1.807) is 0 Å². The van der Waals surface area contributed by atoms with Crippen molar-refractivity contribution >= 4 is 11.6 Å². The third-order valence-electron chi connectivity index (χ3n) is 2.82. The Morgan fingerprint density at radius 3 is 2.81 bits per heavy atom. The lowest BCUT2D eigenvalue weighted by Gasteiger charge is -2.13. The van der Waals surface area contributed by atoms with E-state index in [4.69, 9.17) is 22.1 Å². The van der Waals surface area contributed by atoms with E-state index in [1.807, 2.05) is 24.3 Å². The lowest BCUT2D eigenvalue weighted by Crippen LogP contribution is -2.29. The summed E-state index contributed by atoms with van der Waals surface area (Å²) in [5.74, 6) is 0.799. The van der Waals surface area contributed by atoms with Gasteiger partial charge in [-0.1, -0.05) is 29.8 Å². The fourth-order valence-corrected chi connectivity index (χ4v) is 1.89. The van der Waals surface area contributed by atoms with Gasteiger partial charge in [-0.25, -0.2) is 0 Å². The molecule has 0 heterocycles. The number of hydrogen-bond acceptors (Lipinski definition) is 2. The molecule has 0 bridgehead atoms. The minimum atomic E-state index is 0.0404. The molecule has 2 nitrogen and oxygen atoms in total. The quantitative estimate of drug-likeness (QED) is 0.829. The van der Waals surface area contributed by atoms with E-state index in [9.17, 15) is 0 Å². The van der Waals surface area contributed by atoms with Gasteiger partial charge in [-0.15, -0.1) is 0 Å². The second-order valence-electron chi connectivity index (χ2n) is 4.54. The van der Waals surface area contributed by atoms with Crippen molar-refractivity contribution < 1.29 is 4.74 Å². The predicted octanol–water partition coefficient (Wildman–Crippen LogP) is 2.64. The van der Waals surface area contributed by atoms with Gasteiger partial charge in [0.15, 0.2) is 0 Å². The fourth-order valence-electron chi connectivity index (χ4n) is 1.68. The van der Waals surface area contributed by atoms with Crippen LogP contribution in [-0.4, -0.2) is 19.3 Å². The maximum absolute atomic E-state index is 6.07. The molecular weight excluding hydrogens is 222 g/mol. The highest BCUT2D eigenvalue weighted by molar-refractivity contribution is 6.31. The van der Waals surface area contributed by atoms with E-state index >= 15 is 0 Å². The van der Waals surface area contributed by atoms with Crippen LogP contribution in [0.3, 0.4) is 0 Å². The van der Waals surface area contributed by atoms with E-state index in [-0.39, 0.29) is 6.04 Å². The van der Waals surface area contributed by atoms with Crippen LogP contribution in [0.2, 0.25) is 5.02 Å². The number of benzene rings is 1. The van der Waals surface area contributed by atoms with Crippen molar-refractivity contribution in [3.8, 4) is 0 Å². The summed E-state index contributed by atoms with van der Waals surface area (Å²) in [4.78, 5) is 0. The third kappa shape index (κ3) is 3.78. The molecule has 3 heteroatoms. The van der Waals surface area contributed by atoms with Crippen LogP contribution in [0, 0.1) is 5.92 Å². The summed E-state index contributed by atoms with van der Waals surface area (Å²) >= 11 is 6.07. The molecule has 88 valence electrons. The normalized spacial score (nSPS) is 17.4. The molecule has 0 radical (unpaired) electrons. The number of ether oxygens (including phenoxy) is 1. The molecule has 2 rings (SSSR count). The monoisotopic (exact) mass is 239 g/mol. The van der Waals surface area contributed by atoms with Crippen LogP contribution in [0.4, 0.5) is 0 Å². The molecule has 1 atom stereocenters. The molecule has 2 N–H and O–H groups in total. The Labute approximate surface area is 102 Å². The molecule has 0 saturated heterocycles. The summed E-state index contributed by atoms with van der Waals surface area (Å²) in [6.07, 6.45) is 3.42. The van der Waals surface area contributed by atoms with Crippen molar-refractivity contribution in [2.75, 3.05) is 13.2 Å². The Morgan fingerprint density at radius 2 is 2.12 bits per heavy atom. The molecule has 1 saturated carbocycles. The second kappa shape index (κ2) is 5.67. The van der Waals surface area contributed by atoms with Crippen LogP contribution >= 0.6 is 11.6 Å². The standard InChI is InChI=1S/C13H18ClNO/c14-13-4-2-1-3-11(13)7-12(15)9-16-8-10-5-6-10/h1-4,10,12H,5-9,15H2. The van der Waals surface area contributed by atoms with Crippen molar-refractivity contribution in [3.63, 3.8) is 0 Å². The maximum Gasteiger partial charge on any atom is 0.0620 e. The molecule has 0 aliphatic heterocycles. The molecule has 1 aromatic carbocycles. The summed E-state index contributed by atoms with van der Waals surface area (Å²) in [6.45, 7) is 1.50. The van der Waals surface area contributed by atoms with E-state index in [0.29, 0.717) is 6.61 Å². The average molecular weight is 240 g/mol. The molecule has 1 aliphatic carbocycles. The van der Waals surface area contributed by atoms with Gasteiger partial charge in [0.25, 0.3) is 0 Å². The van der Waals surface area contributed by atoms with Crippen LogP contribution < -0.4 is 5.73 Å². The number of rotatable bonds is 6. The van der Waals surface area contributed by atoms with E-state index < -0.39 is 0 Å². The minimum absolute atomic E-state index is 0.0404. The SMILES string of the molecule is NC(COCC1CC1)Cc1ccccc1Cl. The molecular formula is C13H18ClNO. The van der Waals surface area contributed by atoms with Crippen molar-refractivity contribution in [2.24, 2.45) is 11.7 Å². The Kier molecular flexibility index (Phi) is 4.22. The summed E-state index contributed by atoms with van der Waals surface area (Å²) in [5, 5.41) is 0.792. The van der Waals surface area contributed by atoms with Gasteiger partial charge in [0.05, 0.1) is 6.61 Å². The van der Waals surface area contributed by atoms with Gasteiger partial charge in [0, 0.05) is 17.7 Å². The summed E-state index contributed by atoms with van der Waals surface area (Å²) < 4.78 is 5.56. The number of halogens is 1. The first-order valence-corrected chi connectivity index (χ1v) is 6.20. The summed E-state index contributed by atoms with van der Waals surface area (Å²) in [5.41, 5.74) is 7.10. The minimum Gasteiger partial charge on any atom is -0.380 e. The zero-order chi connectivity index (χ0) is 11.4. The smallest absolute Gasteiger partial charge is 0.0620 e. The maximum atomic E-state index is 6.07. The average Bonchev–Trinajstić information content (AvgIpc) is 3.05.